The summed E-state index contributed by atoms with van der Waals surface area (Å²) < 4.78 is 0. The largest absolute Gasteiger partial charge is 0.476 e. The standard InChI is InChI=1S/C11H12N2O2S/c1-2-5-13(6-8-3-4-8)11-12-9(7-16-11)10(14)15/h1,7-8H,3-6H2,(H,14,15). The zero-order valence-electron chi connectivity index (χ0n) is 8.72. The molecule has 1 aromatic heterocycles. The minimum Gasteiger partial charge on any atom is -0.476 e. The van der Waals surface area contributed by atoms with Crippen LogP contribution in [-0.4, -0.2) is 29.1 Å². The molecule has 4 nitrogen and oxygen atoms in total. The summed E-state index contributed by atoms with van der Waals surface area (Å²) in [6, 6.07) is 0. The van der Waals surface area contributed by atoms with Crippen molar-refractivity contribution >= 4 is 22.4 Å². The Balaban J connectivity index is 2.10. The Morgan fingerprint density at radius 3 is 3.00 bits per heavy atom. The highest BCUT2D eigenvalue weighted by atomic mass is 32.1. The second-order valence-electron chi connectivity index (χ2n) is 3.85. The molecule has 0 spiro atoms. The van der Waals surface area contributed by atoms with Crippen molar-refractivity contribution in [1.82, 2.24) is 4.98 Å². The van der Waals surface area contributed by atoms with Gasteiger partial charge in [0.15, 0.2) is 10.8 Å². The van der Waals surface area contributed by atoms with Gasteiger partial charge in [-0.1, -0.05) is 5.92 Å². The maximum atomic E-state index is 10.7. The van der Waals surface area contributed by atoms with Crippen LogP contribution in [0.5, 0.6) is 0 Å². The van der Waals surface area contributed by atoms with Gasteiger partial charge in [0.2, 0.25) is 0 Å². The number of nitrogens with zero attached hydrogens (tertiary/aromatic N) is 2. The van der Waals surface area contributed by atoms with E-state index in [1.54, 1.807) is 5.38 Å². The van der Waals surface area contributed by atoms with Crippen LogP contribution in [0.15, 0.2) is 5.38 Å². The second kappa shape index (κ2) is 4.54. The van der Waals surface area contributed by atoms with Crippen LogP contribution in [0.4, 0.5) is 5.13 Å². The van der Waals surface area contributed by atoms with E-state index in [-0.39, 0.29) is 5.69 Å². The zero-order chi connectivity index (χ0) is 11.5. The van der Waals surface area contributed by atoms with Crippen molar-refractivity contribution in [2.24, 2.45) is 5.92 Å². The van der Waals surface area contributed by atoms with Gasteiger partial charge in [-0.2, -0.15) is 0 Å². The number of carboxylic acid groups (broad SMARTS) is 1. The van der Waals surface area contributed by atoms with Crippen molar-refractivity contribution in [3.05, 3.63) is 11.1 Å². The Kier molecular flexibility index (Phi) is 3.11. The van der Waals surface area contributed by atoms with Crippen molar-refractivity contribution < 1.29 is 9.90 Å². The Hall–Kier alpha value is -1.54. The molecule has 0 bridgehead atoms. The Bertz CT molecular complexity index is 431. The average Bonchev–Trinajstić information content (AvgIpc) is 2.92. The molecule has 1 heterocycles. The van der Waals surface area contributed by atoms with E-state index in [2.05, 4.69) is 10.9 Å². The number of anilines is 1. The van der Waals surface area contributed by atoms with Gasteiger partial charge in [0.05, 0.1) is 6.54 Å². The summed E-state index contributed by atoms with van der Waals surface area (Å²) in [5.41, 5.74) is 0.0952. The molecule has 0 aliphatic heterocycles. The third-order valence-corrected chi connectivity index (χ3v) is 3.34. The molecule has 1 fully saturated rings. The quantitative estimate of drug-likeness (QED) is 0.790. The summed E-state index contributed by atoms with van der Waals surface area (Å²) >= 11 is 1.33. The summed E-state index contributed by atoms with van der Waals surface area (Å²) in [6.45, 7) is 1.37. The number of carbonyl (C=O) groups is 1. The smallest absolute Gasteiger partial charge is 0.355 e. The topological polar surface area (TPSA) is 53.4 Å². The Morgan fingerprint density at radius 1 is 1.75 bits per heavy atom. The number of aromatic carboxylic acids is 1. The van der Waals surface area contributed by atoms with E-state index in [1.165, 1.54) is 24.2 Å². The number of hydrogen-bond acceptors (Lipinski definition) is 4. The molecule has 1 aliphatic carbocycles. The number of hydrogen-bond donors (Lipinski definition) is 1. The van der Waals surface area contributed by atoms with Crippen molar-refractivity contribution in [1.29, 1.82) is 0 Å². The van der Waals surface area contributed by atoms with E-state index in [4.69, 9.17) is 11.5 Å². The van der Waals surface area contributed by atoms with Gasteiger partial charge in [-0.25, -0.2) is 9.78 Å². The monoisotopic (exact) mass is 236 g/mol. The second-order valence-corrected chi connectivity index (χ2v) is 4.69. The van der Waals surface area contributed by atoms with Crippen LogP contribution in [0.1, 0.15) is 23.3 Å². The van der Waals surface area contributed by atoms with E-state index in [0.29, 0.717) is 17.6 Å². The predicted molar refractivity (Wildman–Crippen MR) is 62.8 cm³/mol. The third-order valence-electron chi connectivity index (χ3n) is 2.44. The minimum absolute atomic E-state index is 0.0952. The van der Waals surface area contributed by atoms with Crippen LogP contribution >= 0.6 is 11.3 Å². The number of terminal acetylenes is 1. The average molecular weight is 236 g/mol. The lowest BCUT2D eigenvalue weighted by atomic mass is 10.4. The molecular weight excluding hydrogens is 224 g/mol. The summed E-state index contributed by atoms with van der Waals surface area (Å²) in [7, 11) is 0. The minimum atomic E-state index is -0.991. The van der Waals surface area contributed by atoms with Crippen LogP contribution < -0.4 is 4.90 Å². The van der Waals surface area contributed by atoms with Gasteiger partial charge in [-0.05, 0) is 18.8 Å². The summed E-state index contributed by atoms with van der Waals surface area (Å²) in [6.07, 6.45) is 7.77. The van der Waals surface area contributed by atoms with Gasteiger partial charge in [0.1, 0.15) is 0 Å². The Labute approximate surface area is 97.9 Å². The molecule has 1 aromatic rings. The van der Waals surface area contributed by atoms with Gasteiger partial charge in [-0.3, -0.25) is 0 Å². The number of rotatable bonds is 5. The lowest BCUT2D eigenvalue weighted by Gasteiger charge is -2.18. The molecule has 0 aromatic carbocycles. The van der Waals surface area contributed by atoms with Crippen LogP contribution in [0.25, 0.3) is 0 Å². The summed E-state index contributed by atoms with van der Waals surface area (Å²) in [5.74, 6) is 2.29. The molecule has 0 atom stereocenters. The molecular formula is C11H12N2O2S. The van der Waals surface area contributed by atoms with E-state index in [1.807, 2.05) is 4.90 Å². The SMILES string of the molecule is C#CCN(CC1CC1)c1nc(C(=O)O)cs1. The predicted octanol–water partition coefficient (Wildman–Crippen LogP) is 1.69. The number of thiazole rings is 1. The number of carboxylic acids is 1. The van der Waals surface area contributed by atoms with Crippen LogP contribution in [0.3, 0.4) is 0 Å². The molecule has 16 heavy (non-hydrogen) atoms. The molecule has 1 aliphatic rings. The molecule has 1 N–H and O–H groups in total. The highest BCUT2D eigenvalue weighted by Crippen LogP contribution is 2.32. The maximum absolute atomic E-state index is 10.7. The Morgan fingerprint density at radius 2 is 2.50 bits per heavy atom. The lowest BCUT2D eigenvalue weighted by molar-refractivity contribution is 0.0691. The van der Waals surface area contributed by atoms with Crippen molar-refractivity contribution in [2.75, 3.05) is 18.0 Å². The first-order chi connectivity index (χ1) is 7.70. The first-order valence-corrected chi connectivity index (χ1v) is 5.96. The van der Waals surface area contributed by atoms with E-state index >= 15 is 0 Å². The fourth-order valence-corrected chi connectivity index (χ4v) is 2.25. The van der Waals surface area contributed by atoms with E-state index < -0.39 is 5.97 Å². The fraction of sp³-hybridized carbons (Fsp3) is 0.455. The third kappa shape index (κ3) is 2.52. The van der Waals surface area contributed by atoms with Gasteiger partial charge < -0.3 is 10.0 Å². The van der Waals surface area contributed by atoms with Gasteiger partial charge >= 0.3 is 5.97 Å². The van der Waals surface area contributed by atoms with E-state index in [9.17, 15) is 4.79 Å². The molecule has 5 heteroatoms. The zero-order valence-corrected chi connectivity index (χ0v) is 9.54. The van der Waals surface area contributed by atoms with Crippen molar-refractivity contribution in [3.63, 3.8) is 0 Å². The van der Waals surface area contributed by atoms with Gasteiger partial charge in [-0.15, -0.1) is 17.8 Å². The van der Waals surface area contributed by atoms with Crippen molar-refractivity contribution in [2.45, 2.75) is 12.8 Å². The normalized spacial score (nSPS) is 14.4. The van der Waals surface area contributed by atoms with E-state index in [0.717, 1.165) is 6.54 Å². The molecule has 2 rings (SSSR count). The highest BCUT2D eigenvalue weighted by Gasteiger charge is 2.25. The molecule has 84 valence electrons. The molecule has 0 saturated heterocycles. The summed E-state index contributed by atoms with van der Waals surface area (Å²) in [5, 5.41) is 11.0. The van der Waals surface area contributed by atoms with Crippen LogP contribution in [-0.2, 0) is 0 Å². The van der Waals surface area contributed by atoms with Gasteiger partial charge in [0, 0.05) is 11.9 Å². The molecule has 0 radical (unpaired) electrons. The fourth-order valence-electron chi connectivity index (χ4n) is 1.44. The highest BCUT2D eigenvalue weighted by molar-refractivity contribution is 7.13. The van der Waals surface area contributed by atoms with Crippen LogP contribution in [0, 0.1) is 18.3 Å². The maximum Gasteiger partial charge on any atom is 0.355 e. The van der Waals surface area contributed by atoms with Gasteiger partial charge in [0.25, 0.3) is 0 Å². The van der Waals surface area contributed by atoms with Crippen molar-refractivity contribution in [3.8, 4) is 12.3 Å². The first-order valence-electron chi connectivity index (χ1n) is 5.08. The number of aromatic nitrogens is 1. The van der Waals surface area contributed by atoms with Crippen LogP contribution in [0.2, 0.25) is 0 Å². The summed E-state index contributed by atoms with van der Waals surface area (Å²) in [4.78, 5) is 16.8. The molecule has 1 saturated carbocycles. The first kappa shape index (κ1) is 11.0. The molecule has 0 unspecified atom stereocenters. The molecule has 0 amide bonds. The lowest BCUT2D eigenvalue weighted by Crippen LogP contribution is -2.26.